The van der Waals surface area contributed by atoms with Crippen molar-refractivity contribution in [3.05, 3.63) is 53.3 Å². The number of methoxy groups -OCH3 is 1. The van der Waals surface area contributed by atoms with Gasteiger partial charge in [0.15, 0.2) is 29.0 Å². The normalized spacial score (nSPS) is 10.4. The third-order valence-corrected chi connectivity index (χ3v) is 3.17. The summed E-state index contributed by atoms with van der Waals surface area (Å²) in [4.78, 5) is 12.2. The summed E-state index contributed by atoms with van der Waals surface area (Å²) in [5, 5.41) is 2.19. The first-order valence-electron chi connectivity index (χ1n) is 7.23. The first kappa shape index (κ1) is 17.7. The lowest BCUT2D eigenvalue weighted by Gasteiger charge is -2.12. The number of hydrogen-bond acceptors (Lipinski definition) is 3. The molecule has 0 aromatic heterocycles. The number of nitrogens with one attached hydrogen (secondary N) is 1. The third-order valence-electron chi connectivity index (χ3n) is 3.17. The van der Waals surface area contributed by atoms with Crippen molar-refractivity contribution in [3.63, 3.8) is 0 Å². The molecule has 0 aliphatic rings. The van der Waals surface area contributed by atoms with E-state index >= 15 is 0 Å². The van der Waals surface area contributed by atoms with Gasteiger partial charge in [-0.25, -0.2) is 13.2 Å². The Morgan fingerprint density at radius 2 is 1.83 bits per heavy atom. The van der Waals surface area contributed by atoms with Crippen LogP contribution in [-0.2, 0) is 0 Å². The fourth-order valence-electron chi connectivity index (χ4n) is 1.96. The van der Waals surface area contributed by atoms with Crippen LogP contribution in [0.25, 0.3) is 0 Å². The van der Waals surface area contributed by atoms with Gasteiger partial charge in [0.25, 0.3) is 5.91 Å². The second kappa shape index (κ2) is 7.72. The predicted molar refractivity (Wildman–Crippen MR) is 83.0 cm³/mol. The van der Waals surface area contributed by atoms with E-state index in [0.29, 0.717) is 18.1 Å². The molecule has 7 heteroatoms. The second-order valence-electron chi connectivity index (χ2n) is 4.89. The van der Waals surface area contributed by atoms with E-state index in [4.69, 9.17) is 9.47 Å². The average molecular weight is 339 g/mol. The van der Waals surface area contributed by atoms with Crippen molar-refractivity contribution in [3.8, 4) is 11.5 Å². The lowest BCUT2D eigenvalue weighted by atomic mass is 10.1. The first-order chi connectivity index (χ1) is 11.5. The minimum absolute atomic E-state index is 0.153. The molecule has 0 unspecified atom stereocenters. The Kier molecular flexibility index (Phi) is 5.68. The summed E-state index contributed by atoms with van der Waals surface area (Å²) in [6.45, 7) is 2.44. The zero-order valence-corrected chi connectivity index (χ0v) is 13.2. The lowest BCUT2D eigenvalue weighted by Crippen LogP contribution is -2.14. The molecule has 128 valence electrons. The van der Waals surface area contributed by atoms with Crippen molar-refractivity contribution >= 4 is 11.6 Å². The van der Waals surface area contributed by atoms with Crippen LogP contribution in [0.5, 0.6) is 11.5 Å². The molecule has 4 nitrogen and oxygen atoms in total. The number of ether oxygens (including phenoxy) is 2. The molecule has 2 aromatic carbocycles. The molecule has 0 aliphatic heterocycles. The molecule has 0 saturated heterocycles. The Balaban J connectivity index is 2.22. The van der Waals surface area contributed by atoms with Crippen LogP contribution < -0.4 is 14.8 Å². The highest BCUT2D eigenvalue weighted by Gasteiger charge is 2.17. The van der Waals surface area contributed by atoms with Gasteiger partial charge < -0.3 is 14.8 Å². The van der Waals surface area contributed by atoms with E-state index in [-0.39, 0.29) is 5.56 Å². The van der Waals surface area contributed by atoms with Crippen LogP contribution in [-0.4, -0.2) is 19.6 Å². The molecule has 24 heavy (non-hydrogen) atoms. The topological polar surface area (TPSA) is 47.6 Å². The van der Waals surface area contributed by atoms with E-state index in [1.807, 2.05) is 6.92 Å². The van der Waals surface area contributed by atoms with Crippen LogP contribution in [0.15, 0.2) is 30.3 Å². The summed E-state index contributed by atoms with van der Waals surface area (Å²) in [7, 11) is 1.42. The van der Waals surface area contributed by atoms with Gasteiger partial charge in [-0.15, -0.1) is 0 Å². The number of halogens is 3. The van der Waals surface area contributed by atoms with Gasteiger partial charge >= 0.3 is 0 Å². The molecule has 0 radical (unpaired) electrons. The van der Waals surface area contributed by atoms with Crippen LogP contribution in [0.3, 0.4) is 0 Å². The Bertz CT molecular complexity index is 750. The average Bonchev–Trinajstić information content (AvgIpc) is 2.60. The SMILES string of the molecule is CCCOc1ccc(C(=O)Nc2ccc(F)c(F)c2F)cc1OC. The summed E-state index contributed by atoms with van der Waals surface area (Å²) in [5.74, 6) is -4.33. The van der Waals surface area contributed by atoms with Gasteiger partial charge in [-0.05, 0) is 36.8 Å². The number of anilines is 1. The van der Waals surface area contributed by atoms with Crippen molar-refractivity contribution in [2.24, 2.45) is 0 Å². The van der Waals surface area contributed by atoms with Crippen molar-refractivity contribution in [1.82, 2.24) is 0 Å². The van der Waals surface area contributed by atoms with Crippen molar-refractivity contribution < 1.29 is 27.4 Å². The smallest absolute Gasteiger partial charge is 0.255 e. The standard InChI is InChI=1S/C17H16F3NO3/c1-3-8-24-13-7-4-10(9-14(13)23-2)17(22)21-12-6-5-11(18)15(19)16(12)20/h4-7,9H,3,8H2,1-2H3,(H,21,22). The van der Waals surface area contributed by atoms with Crippen LogP contribution in [0.2, 0.25) is 0 Å². The number of carbonyl (C=O) groups is 1. The van der Waals surface area contributed by atoms with E-state index < -0.39 is 29.0 Å². The molecule has 0 bridgehead atoms. The second-order valence-corrected chi connectivity index (χ2v) is 4.89. The molecule has 0 aliphatic carbocycles. The van der Waals surface area contributed by atoms with Crippen LogP contribution in [0.4, 0.5) is 18.9 Å². The molecular formula is C17H16F3NO3. The van der Waals surface area contributed by atoms with Crippen LogP contribution in [0, 0.1) is 17.5 Å². The minimum Gasteiger partial charge on any atom is -0.493 e. The quantitative estimate of drug-likeness (QED) is 0.804. The first-order valence-corrected chi connectivity index (χ1v) is 7.23. The molecule has 2 aromatic rings. The number of carbonyl (C=O) groups excluding carboxylic acids is 1. The van der Waals surface area contributed by atoms with Crippen LogP contribution in [0.1, 0.15) is 23.7 Å². The monoisotopic (exact) mass is 339 g/mol. The summed E-state index contributed by atoms with van der Waals surface area (Å²) in [5.41, 5.74) is -0.302. The van der Waals surface area contributed by atoms with E-state index in [1.54, 1.807) is 6.07 Å². The highest BCUT2D eigenvalue weighted by molar-refractivity contribution is 6.04. The molecule has 0 saturated carbocycles. The molecule has 0 fully saturated rings. The van der Waals surface area contributed by atoms with Gasteiger partial charge in [0.2, 0.25) is 0 Å². The van der Waals surface area contributed by atoms with Gasteiger partial charge in [-0.3, -0.25) is 4.79 Å². The third kappa shape index (κ3) is 3.79. The van der Waals surface area contributed by atoms with E-state index in [9.17, 15) is 18.0 Å². The van der Waals surface area contributed by atoms with Crippen molar-refractivity contribution in [2.45, 2.75) is 13.3 Å². The maximum absolute atomic E-state index is 13.6. The molecule has 0 spiro atoms. The highest BCUT2D eigenvalue weighted by atomic mass is 19.2. The summed E-state index contributed by atoms with van der Waals surface area (Å²) in [6.07, 6.45) is 0.806. The van der Waals surface area contributed by atoms with Gasteiger partial charge in [0, 0.05) is 5.56 Å². The minimum atomic E-state index is -1.64. The zero-order valence-electron chi connectivity index (χ0n) is 13.2. The van der Waals surface area contributed by atoms with E-state index in [0.717, 1.165) is 18.6 Å². The van der Waals surface area contributed by atoms with Crippen molar-refractivity contribution in [1.29, 1.82) is 0 Å². The molecule has 0 heterocycles. The number of amides is 1. The molecule has 0 atom stereocenters. The van der Waals surface area contributed by atoms with Crippen LogP contribution >= 0.6 is 0 Å². The maximum Gasteiger partial charge on any atom is 0.255 e. The van der Waals surface area contributed by atoms with E-state index in [2.05, 4.69) is 5.32 Å². The molecule has 2 rings (SSSR count). The van der Waals surface area contributed by atoms with E-state index in [1.165, 1.54) is 19.2 Å². The van der Waals surface area contributed by atoms with Crippen molar-refractivity contribution in [2.75, 3.05) is 19.0 Å². The number of rotatable bonds is 6. The maximum atomic E-state index is 13.6. The number of hydrogen-bond donors (Lipinski definition) is 1. The highest BCUT2D eigenvalue weighted by Crippen LogP contribution is 2.29. The Morgan fingerprint density at radius 3 is 2.50 bits per heavy atom. The summed E-state index contributed by atoms with van der Waals surface area (Å²) >= 11 is 0. The van der Waals surface area contributed by atoms with Gasteiger partial charge in [-0.2, -0.15) is 0 Å². The fourth-order valence-corrected chi connectivity index (χ4v) is 1.96. The molecule has 1 N–H and O–H groups in total. The summed E-state index contributed by atoms with van der Waals surface area (Å²) in [6, 6.07) is 6.10. The molecular weight excluding hydrogens is 323 g/mol. The largest absolute Gasteiger partial charge is 0.493 e. The Labute approximate surface area is 137 Å². The zero-order chi connectivity index (χ0) is 17.7. The fraction of sp³-hybridized carbons (Fsp3) is 0.235. The summed E-state index contributed by atoms with van der Waals surface area (Å²) < 4.78 is 50.3. The predicted octanol–water partition coefficient (Wildman–Crippen LogP) is 4.15. The van der Waals surface area contributed by atoms with Gasteiger partial charge in [-0.1, -0.05) is 6.92 Å². The Hall–Kier alpha value is -2.70. The number of benzene rings is 2. The lowest BCUT2D eigenvalue weighted by molar-refractivity contribution is 0.102. The Morgan fingerprint density at radius 1 is 1.08 bits per heavy atom. The van der Waals surface area contributed by atoms with Gasteiger partial charge in [0.1, 0.15) is 0 Å². The van der Waals surface area contributed by atoms with Gasteiger partial charge in [0.05, 0.1) is 19.4 Å². The molecule has 1 amide bonds.